The fourth-order valence-corrected chi connectivity index (χ4v) is 3.64. The van der Waals surface area contributed by atoms with Crippen LogP contribution in [0.1, 0.15) is 40.7 Å². The summed E-state index contributed by atoms with van der Waals surface area (Å²) in [5.74, 6) is -0.891. The SMILES string of the molecule is NC(=O)C1CCN(C(=O)c2cc3n(n2)CC(c2ccc(F)cc2)OC3)CC1. The first-order valence-corrected chi connectivity index (χ1v) is 9.03. The Kier molecular flexibility index (Phi) is 4.65. The molecule has 1 fully saturated rings. The number of aromatic nitrogens is 2. The molecule has 27 heavy (non-hydrogen) atoms. The van der Waals surface area contributed by atoms with E-state index in [1.165, 1.54) is 12.1 Å². The third-order valence-electron chi connectivity index (χ3n) is 5.28. The summed E-state index contributed by atoms with van der Waals surface area (Å²) in [6.45, 7) is 1.82. The third kappa shape index (κ3) is 3.57. The second kappa shape index (κ2) is 7.11. The van der Waals surface area contributed by atoms with Crippen molar-refractivity contribution < 1.29 is 18.7 Å². The molecule has 0 bridgehead atoms. The summed E-state index contributed by atoms with van der Waals surface area (Å²) in [4.78, 5) is 25.7. The number of fused-ring (bicyclic) bond motifs is 1. The van der Waals surface area contributed by atoms with Crippen LogP contribution in [0.5, 0.6) is 0 Å². The Hall–Kier alpha value is -2.74. The zero-order valence-electron chi connectivity index (χ0n) is 14.8. The number of rotatable bonds is 3. The Balaban J connectivity index is 1.44. The van der Waals surface area contributed by atoms with Gasteiger partial charge in [-0.3, -0.25) is 14.3 Å². The standard InChI is InChI=1S/C19H21FN4O3/c20-14-3-1-12(2-4-14)17-10-24-15(11-27-17)9-16(22-24)19(26)23-7-5-13(6-8-23)18(21)25/h1-4,9,13,17H,5-8,10-11H2,(H2,21,25). The van der Waals surface area contributed by atoms with Crippen LogP contribution < -0.4 is 5.73 Å². The molecule has 3 heterocycles. The van der Waals surface area contributed by atoms with E-state index in [1.54, 1.807) is 27.8 Å². The first-order valence-electron chi connectivity index (χ1n) is 9.03. The van der Waals surface area contributed by atoms with Gasteiger partial charge in [-0.15, -0.1) is 0 Å². The molecule has 2 aliphatic rings. The molecule has 0 spiro atoms. The van der Waals surface area contributed by atoms with Crippen molar-refractivity contribution in [2.45, 2.75) is 32.1 Å². The van der Waals surface area contributed by atoms with E-state index in [9.17, 15) is 14.0 Å². The van der Waals surface area contributed by atoms with Gasteiger partial charge in [-0.2, -0.15) is 5.10 Å². The van der Waals surface area contributed by atoms with Gasteiger partial charge in [0.15, 0.2) is 5.69 Å². The van der Waals surface area contributed by atoms with Crippen LogP contribution >= 0.6 is 0 Å². The molecule has 2 aromatic rings. The minimum absolute atomic E-state index is 0.141. The molecule has 142 valence electrons. The number of halogens is 1. The van der Waals surface area contributed by atoms with Gasteiger partial charge < -0.3 is 15.4 Å². The molecular weight excluding hydrogens is 351 g/mol. The van der Waals surface area contributed by atoms with Crippen LogP contribution in [-0.2, 0) is 22.7 Å². The fourth-order valence-electron chi connectivity index (χ4n) is 3.64. The molecule has 7 nitrogen and oxygen atoms in total. The van der Waals surface area contributed by atoms with Gasteiger partial charge in [-0.25, -0.2) is 4.39 Å². The number of carbonyl (C=O) groups is 2. The molecule has 0 radical (unpaired) electrons. The van der Waals surface area contributed by atoms with Gasteiger partial charge in [0.05, 0.1) is 18.8 Å². The highest BCUT2D eigenvalue weighted by atomic mass is 19.1. The average Bonchev–Trinajstić information content (AvgIpc) is 3.11. The first kappa shape index (κ1) is 17.7. The van der Waals surface area contributed by atoms with Crippen molar-refractivity contribution >= 4 is 11.8 Å². The van der Waals surface area contributed by atoms with Gasteiger partial charge in [0.1, 0.15) is 11.9 Å². The molecule has 2 amide bonds. The van der Waals surface area contributed by atoms with Crippen molar-refractivity contribution in [1.29, 1.82) is 0 Å². The van der Waals surface area contributed by atoms with Crippen molar-refractivity contribution in [2.75, 3.05) is 13.1 Å². The van der Waals surface area contributed by atoms with Gasteiger partial charge in [-0.1, -0.05) is 12.1 Å². The lowest BCUT2D eigenvalue weighted by Crippen LogP contribution is -2.41. The Labute approximate surface area is 155 Å². The maximum atomic E-state index is 13.1. The Morgan fingerprint density at radius 1 is 1.19 bits per heavy atom. The van der Waals surface area contributed by atoms with Crippen molar-refractivity contribution in [3.8, 4) is 0 Å². The van der Waals surface area contributed by atoms with Crippen LogP contribution in [0, 0.1) is 11.7 Å². The number of hydrogen-bond acceptors (Lipinski definition) is 4. The summed E-state index contributed by atoms with van der Waals surface area (Å²) in [5.41, 5.74) is 7.43. The lowest BCUT2D eigenvalue weighted by atomic mass is 9.96. The summed E-state index contributed by atoms with van der Waals surface area (Å²) < 4.78 is 20.7. The topological polar surface area (TPSA) is 90.5 Å². The second-order valence-electron chi connectivity index (χ2n) is 7.02. The molecule has 1 aromatic heterocycles. The van der Waals surface area contributed by atoms with Crippen molar-refractivity contribution in [3.63, 3.8) is 0 Å². The predicted octanol–water partition coefficient (Wildman–Crippen LogP) is 1.63. The number of nitrogens with two attached hydrogens (primary N) is 1. The zero-order valence-corrected chi connectivity index (χ0v) is 14.8. The molecule has 0 saturated carbocycles. The van der Waals surface area contributed by atoms with E-state index in [4.69, 9.17) is 10.5 Å². The summed E-state index contributed by atoms with van der Waals surface area (Å²) >= 11 is 0. The van der Waals surface area contributed by atoms with Gasteiger partial charge in [0, 0.05) is 19.0 Å². The normalized spacial score (nSPS) is 20.3. The van der Waals surface area contributed by atoms with Crippen molar-refractivity contribution in [1.82, 2.24) is 14.7 Å². The van der Waals surface area contributed by atoms with E-state index in [0.717, 1.165) is 11.3 Å². The molecule has 1 atom stereocenters. The lowest BCUT2D eigenvalue weighted by Gasteiger charge is -2.30. The maximum absolute atomic E-state index is 13.1. The summed E-state index contributed by atoms with van der Waals surface area (Å²) in [6.07, 6.45) is 0.946. The number of piperidine rings is 1. The maximum Gasteiger partial charge on any atom is 0.274 e. The molecule has 4 rings (SSSR count). The number of nitrogens with zero attached hydrogens (tertiary/aromatic N) is 3. The summed E-state index contributed by atoms with van der Waals surface area (Å²) in [6, 6.07) is 7.96. The number of likely N-dealkylation sites (tertiary alicyclic amines) is 1. The number of primary amides is 1. The first-order chi connectivity index (χ1) is 13.0. The molecular formula is C19H21FN4O3. The Bertz CT molecular complexity index is 856. The van der Waals surface area contributed by atoms with E-state index >= 15 is 0 Å². The quantitative estimate of drug-likeness (QED) is 0.887. The molecule has 1 aromatic carbocycles. The van der Waals surface area contributed by atoms with Crippen LogP contribution in [0.15, 0.2) is 30.3 Å². The van der Waals surface area contributed by atoms with Crippen molar-refractivity contribution in [3.05, 3.63) is 53.1 Å². The highest BCUT2D eigenvalue weighted by Crippen LogP contribution is 2.27. The molecule has 0 aliphatic carbocycles. The van der Waals surface area contributed by atoms with E-state index in [2.05, 4.69) is 5.10 Å². The summed E-state index contributed by atoms with van der Waals surface area (Å²) in [5, 5.41) is 4.45. The van der Waals surface area contributed by atoms with E-state index < -0.39 is 0 Å². The van der Waals surface area contributed by atoms with Gasteiger partial charge in [0.2, 0.25) is 5.91 Å². The van der Waals surface area contributed by atoms with E-state index in [-0.39, 0.29) is 29.7 Å². The number of ether oxygens (including phenoxy) is 1. The molecule has 2 N–H and O–H groups in total. The highest BCUT2D eigenvalue weighted by Gasteiger charge is 2.29. The molecule has 8 heteroatoms. The molecule has 2 aliphatic heterocycles. The fraction of sp³-hybridized carbons (Fsp3) is 0.421. The monoisotopic (exact) mass is 372 g/mol. The van der Waals surface area contributed by atoms with E-state index in [1.807, 2.05) is 0 Å². The largest absolute Gasteiger partial charge is 0.369 e. The van der Waals surface area contributed by atoms with Gasteiger partial charge >= 0.3 is 0 Å². The minimum atomic E-state index is -0.302. The van der Waals surface area contributed by atoms with E-state index in [0.29, 0.717) is 44.8 Å². The van der Waals surface area contributed by atoms with Gasteiger partial charge in [-0.05, 0) is 36.6 Å². The second-order valence-corrected chi connectivity index (χ2v) is 7.02. The third-order valence-corrected chi connectivity index (χ3v) is 5.28. The summed E-state index contributed by atoms with van der Waals surface area (Å²) in [7, 11) is 0. The lowest BCUT2D eigenvalue weighted by molar-refractivity contribution is -0.123. The number of benzene rings is 1. The molecule has 1 saturated heterocycles. The Morgan fingerprint density at radius 3 is 2.56 bits per heavy atom. The van der Waals surface area contributed by atoms with Crippen LogP contribution in [0.25, 0.3) is 0 Å². The minimum Gasteiger partial charge on any atom is -0.369 e. The average molecular weight is 372 g/mol. The zero-order chi connectivity index (χ0) is 19.0. The Morgan fingerprint density at radius 2 is 1.89 bits per heavy atom. The number of amides is 2. The number of hydrogen-bond donors (Lipinski definition) is 1. The highest BCUT2D eigenvalue weighted by molar-refractivity contribution is 5.92. The predicted molar refractivity (Wildman–Crippen MR) is 94.0 cm³/mol. The smallest absolute Gasteiger partial charge is 0.274 e. The van der Waals surface area contributed by atoms with Crippen LogP contribution in [0.2, 0.25) is 0 Å². The molecule has 1 unspecified atom stereocenters. The number of carbonyl (C=O) groups excluding carboxylic acids is 2. The van der Waals surface area contributed by atoms with Gasteiger partial charge in [0.25, 0.3) is 5.91 Å². The van der Waals surface area contributed by atoms with Crippen LogP contribution in [0.3, 0.4) is 0 Å². The van der Waals surface area contributed by atoms with Crippen LogP contribution in [0.4, 0.5) is 4.39 Å². The van der Waals surface area contributed by atoms with Crippen LogP contribution in [-0.4, -0.2) is 39.6 Å². The van der Waals surface area contributed by atoms with Crippen molar-refractivity contribution in [2.24, 2.45) is 11.7 Å².